The number of hydrogen-bond donors (Lipinski definition) is 1. The summed E-state index contributed by atoms with van der Waals surface area (Å²) in [6.45, 7) is 4.19. The molecule has 0 aliphatic rings. The fraction of sp³-hybridized carbons (Fsp3) is 0.269. The quantitative estimate of drug-likeness (QED) is 0.552. The number of rotatable bonds is 9. The fourth-order valence-electron chi connectivity index (χ4n) is 3.45. The Balaban J connectivity index is 1.89. The van der Waals surface area contributed by atoms with E-state index in [-0.39, 0.29) is 30.1 Å². The van der Waals surface area contributed by atoms with Crippen LogP contribution < -0.4 is 5.32 Å². The molecule has 5 nitrogen and oxygen atoms in total. The number of carbonyl (C=O) groups excluding carboxylic acids is 2. The molecule has 2 amide bonds. The molecule has 1 heterocycles. The molecule has 0 unspecified atom stereocenters. The second-order valence-electron chi connectivity index (χ2n) is 8.03. The van der Waals surface area contributed by atoms with Gasteiger partial charge in [-0.3, -0.25) is 14.6 Å². The van der Waals surface area contributed by atoms with E-state index in [1.807, 2.05) is 56.3 Å². The van der Waals surface area contributed by atoms with Crippen LogP contribution in [0.2, 0.25) is 0 Å². The van der Waals surface area contributed by atoms with E-state index < -0.39 is 6.04 Å². The second kappa shape index (κ2) is 11.2. The molecule has 1 atom stereocenters. The van der Waals surface area contributed by atoms with Crippen molar-refractivity contribution in [1.82, 2.24) is 15.2 Å². The van der Waals surface area contributed by atoms with Crippen LogP contribution in [0.25, 0.3) is 0 Å². The summed E-state index contributed by atoms with van der Waals surface area (Å²) in [5.74, 6) is -0.996. The lowest BCUT2D eigenvalue weighted by molar-refractivity contribution is -0.143. The molecule has 0 aliphatic carbocycles. The molecule has 0 spiro atoms. The van der Waals surface area contributed by atoms with Gasteiger partial charge in [0.05, 0.1) is 0 Å². The van der Waals surface area contributed by atoms with Gasteiger partial charge in [0.2, 0.25) is 11.8 Å². The van der Waals surface area contributed by atoms with Crippen LogP contribution in [0.5, 0.6) is 0 Å². The van der Waals surface area contributed by atoms with Crippen molar-refractivity contribution in [2.45, 2.75) is 39.4 Å². The van der Waals surface area contributed by atoms with Crippen molar-refractivity contribution in [3.63, 3.8) is 0 Å². The van der Waals surface area contributed by atoms with E-state index in [1.165, 1.54) is 12.1 Å². The van der Waals surface area contributed by atoms with Crippen LogP contribution in [-0.4, -0.2) is 27.7 Å². The summed E-state index contributed by atoms with van der Waals surface area (Å²) in [7, 11) is 0. The fourth-order valence-corrected chi connectivity index (χ4v) is 3.45. The number of hydrogen-bond acceptors (Lipinski definition) is 3. The number of pyridine rings is 1. The minimum Gasteiger partial charge on any atom is -0.350 e. The Bertz CT molecular complexity index is 1010. The van der Waals surface area contributed by atoms with Crippen LogP contribution in [-0.2, 0) is 29.1 Å². The van der Waals surface area contributed by atoms with Gasteiger partial charge < -0.3 is 10.2 Å². The summed E-state index contributed by atoms with van der Waals surface area (Å²) in [6, 6.07) is 18.6. The van der Waals surface area contributed by atoms with Crippen LogP contribution in [0.1, 0.15) is 30.5 Å². The van der Waals surface area contributed by atoms with Crippen LogP contribution in [0, 0.1) is 11.7 Å². The Morgan fingerprint density at radius 1 is 0.906 bits per heavy atom. The highest BCUT2D eigenvalue weighted by Gasteiger charge is 2.31. The number of amides is 2. The number of aromatic nitrogens is 1. The zero-order chi connectivity index (χ0) is 22.9. The van der Waals surface area contributed by atoms with Crippen molar-refractivity contribution in [3.8, 4) is 0 Å². The molecule has 166 valence electrons. The largest absolute Gasteiger partial charge is 0.350 e. The highest BCUT2D eigenvalue weighted by atomic mass is 19.1. The topological polar surface area (TPSA) is 62.3 Å². The van der Waals surface area contributed by atoms with Crippen molar-refractivity contribution >= 4 is 11.8 Å². The Morgan fingerprint density at radius 3 is 2.19 bits per heavy atom. The molecular formula is C26H28FN3O2. The normalized spacial score (nSPS) is 11.8. The lowest BCUT2D eigenvalue weighted by Crippen LogP contribution is -2.51. The molecule has 1 N–H and O–H groups in total. The lowest BCUT2D eigenvalue weighted by Gasteiger charge is -2.32. The smallest absolute Gasteiger partial charge is 0.243 e. The maximum Gasteiger partial charge on any atom is 0.243 e. The monoisotopic (exact) mass is 433 g/mol. The van der Waals surface area contributed by atoms with Gasteiger partial charge in [0, 0.05) is 37.8 Å². The van der Waals surface area contributed by atoms with E-state index in [9.17, 15) is 14.0 Å². The Hall–Kier alpha value is -3.54. The van der Waals surface area contributed by atoms with E-state index >= 15 is 0 Å². The Morgan fingerprint density at radius 2 is 1.56 bits per heavy atom. The highest BCUT2D eigenvalue weighted by molar-refractivity contribution is 5.88. The molecular weight excluding hydrogens is 405 g/mol. The van der Waals surface area contributed by atoms with Gasteiger partial charge in [-0.15, -0.1) is 0 Å². The van der Waals surface area contributed by atoms with Gasteiger partial charge in [0.15, 0.2) is 0 Å². The number of benzene rings is 2. The van der Waals surface area contributed by atoms with E-state index in [4.69, 9.17) is 0 Å². The third kappa shape index (κ3) is 6.48. The van der Waals surface area contributed by atoms with Crippen molar-refractivity contribution in [3.05, 3.63) is 102 Å². The first kappa shape index (κ1) is 23.1. The van der Waals surface area contributed by atoms with Crippen molar-refractivity contribution in [1.29, 1.82) is 0 Å². The number of halogens is 1. The molecule has 3 aromatic rings. The molecule has 2 aromatic carbocycles. The molecule has 0 fully saturated rings. The first-order valence-electron chi connectivity index (χ1n) is 10.7. The molecule has 1 aromatic heterocycles. The van der Waals surface area contributed by atoms with Crippen LogP contribution >= 0.6 is 0 Å². The number of nitrogens with zero attached hydrogens (tertiary/aromatic N) is 2. The van der Waals surface area contributed by atoms with Gasteiger partial charge in [-0.25, -0.2) is 4.39 Å². The van der Waals surface area contributed by atoms with E-state index in [1.54, 1.807) is 29.4 Å². The summed E-state index contributed by atoms with van der Waals surface area (Å²) in [5, 5.41) is 2.97. The molecule has 0 saturated heterocycles. The second-order valence-corrected chi connectivity index (χ2v) is 8.03. The molecule has 0 bridgehead atoms. The van der Waals surface area contributed by atoms with Gasteiger partial charge in [0.25, 0.3) is 0 Å². The maximum atomic E-state index is 13.4. The third-order valence-electron chi connectivity index (χ3n) is 5.21. The predicted molar refractivity (Wildman–Crippen MR) is 122 cm³/mol. The first-order valence-corrected chi connectivity index (χ1v) is 10.7. The van der Waals surface area contributed by atoms with E-state index in [2.05, 4.69) is 10.3 Å². The Kier molecular flexibility index (Phi) is 8.08. The summed E-state index contributed by atoms with van der Waals surface area (Å²) in [6.07, 6.45) is 3.72. The van der Waals surface area contributed by atoms with Gasteiger partial charge in [-0.05, 0) is 41.0 Å². The Labute approximate surface area is 188 Å². The highest BCUT2D eigenvalue weighted by Crippen LogP contribution is 2.18. The summed E-state index contributed by atoms with van der Waals surface area (Å²) in [5.41, 5.74) is 2.64. The van der Waals surface area contributed by atoms with Gasteiger partial charge in [0.1, 0.15) is 11.9 Å². The zero-order valence-electron chi connectivity index (χ0n) is 18.4. The minimum atomic E-state index is -0.709. The molecule has 6 heteroatoms. The molecule has 0 saturated carbocycles. The number of carbonyl (C=O) groups is 2. The summed E-state index contributed by atoms with van der Waals surface area (Å²) < 4.78 is 13.4. The van der Waals surface area contributed by atoms with Crippen LogP contribution in [0.4, 0.5) is 4.39 Å². The molecule has 32 heavy (non-hydrogen) atoms. The minimum absolute atomic E-state index is 0.130. The van der Waals surface area contributed by atoms with Gasteiger partial charge in [-0.2, -0.15) is 0 Å². The molecule has 3 rings (SSSR count). The van der Waals surface area contributed by atoms with Crippen LogP contribution in [0.15, 0.2) is 79.1 Å². The van der Waals surface area contributed by atoms with Gasteiger partial charge in [-0.1, -0.05) is 56.3 Å². The van der Waals surface area contributed by atoms with E-state index in [0.717, 1.165) is 16.7 Å². The molecule has 0 radical (unpaired) electrons. The SMILES string of the molecule is CC(C)C(=O)N(Cc1ccc(F)cc1)[C@H](Cc1ccccc1)C(=O)NCc1ccncc1. The zero-order valence-corrected chi connectivity index (χ0v) is 18.4. The molecule has 0 aliphatic heterocycles. The summed E-state index contributed by atoms with van der Waals surface area (Å²) in [4.78, 5) is 32.1. The van der Waals surface area contributed by atoms with Gasteiger partial charge >= 0.3 is 0 Å². The van der Waals surface area contributed by atoms with Crippen molar-refractivity contribution in [2.75, 3.05) is 0 Å². The van der Waals surface area contributed by atoms with Crippen molar-refractivity contribution < 1.29 is 14.0 Å². The maximum absolute atomic E-state index is 13.4. The average molecular weight is 434 g/mol. The predicted octanol–water partition coefficient (Wildman–Crippen LogP) is 4.13. The first-order chi connectivity index (χ1) is 15.4. The third-order valence-corrected chi connectivity index (χ3v) is 5.21. The lowest BCUT2D eigenvalue weighted by atomic mass is 10.0. The van der Waals surface area contributed by atoms with Crippen LogP contribution in [0.3, 0.4) is 0 Å². The standard InChI is InChI=1S/C26H28FN3O2/c1-19(2)26(32)30(18-22-8-10-23(27)11-9-22)24(16-20-6-4-3-5-7-20)25(31)29-17-21-12-14-28-15-13-21/h3-15,19,24H,16-18H2,1-2H3,(H,29,31)/t24-/m1/s1. The average Bonchev–Trinajstić information content (AvgIpc) is 2.81. The van der Waals surface area contributed by atoms with Crippen molar-refractivity contribution in [2.24, 2.45) is 5.92 Å². The summed E-state index contributed by atoms with van der Waals surface area (Å²) >= 11 is 0. The van der Waals surface area contributed by atoms with E-state index in [0.29, 0.717) is 13.0 Å². The number of nitrogens with one attached hydrogen (secondary N) is 1.